The molecule has 9 aromatic carbocycles. The molecule has 4 heterocycles. The van der Waals surface area contributed by atoms with Gasteiger partial charge in [0.25, 0.3) is 0 Å². The van der Waals surface area contributed by atoms with Crippen molar-refractivity contribution in [1.29, 1.82) is 0 Å². The van der Waals surface area contributed by atoms with Crippen LogP contribution < -0.4 is 0 Å². The summed E-state index contributed by atoms with van der Waals surface area (Å²) in [5.41, 5.74) is 14.9. The van der Waals surface area contributed by atoms with Gasteiger partial charge in [0.05, 0.1) is 38.8 Å². The van der Waals surface area contributed by atoms with E-state index in [-0.39, 0.29) is 0 Å². The van der Waals surface area contributed by atoms with Gasteiger partial charge in [-0.2, -0.15) is 0 Å². The van der Waals surface area contributed by atoms with Crippen LogP contribution in [0, 0.1) is 0 Å². The van der Waals surface area contributed by atoms with E-state index in [1.807, 2.05) is 0 Å². The van der Waals surface area contributed by atoms with Crippen LogP contribution in [0.4, 0.5) is 0 Å². The van der Waals surface area contributed by atoms with Gasteiger partial charge in [-0.3, -0.25) is 4.57 Å². The molecule has 0 aliphatic rings. The van der Waals surface area contributed by atoms with E-state index in [1.54, 1.807) is 0 Å². The highest BCUT2D eigenvalue weighted by molar-refractivity contribution is 6.22. The lowest BCUT2D eigenvalue weighted by molar-refractivity contribution is 1.01. The molecule has 0 atom stereocenters. The van der Waals surface area contributed by atoms with E-state index in [9.17, 15) is 0 Å². The van der Waals surface area contributed by atoms with Crippen molar-refractivity contribution in [3.63, 3.8) is 0 Å². The van der Waals surface area contributed by atoms with Crippen molar-refractivity contribution in [2.24, 2.45) is 0 Å². The molecule has 0 unspecified atom stereocenters. The zero-order valence-electron chi connectivity index (χ0n) is 34.1. The van der Waals surface area contributed by atoms with Crippen LogP contribution >= 0.6 is 0 Å². The van der Waals surface area contributed by atoms with Crippen molar-refractivity contribution in [2.75, 3.05) is 0 Å². The molecule has 0 radical (unpaired) electrons. The summed E-state index contributed by atoms with van der Waals surface area (Å²) >= 11 is 0. The summed E-state index contributed by atoms with van der Waals surface area (Å²) < 4.78 is 6.96. The molecule has 13 aromatic rings. The number of hydrogen-bond donors (Lipinski definition) is 0. The Morgan fingerprint density at radius 3 is 1.57 bits per heavy atom. The van der Waals surface area contributed by atoms with Gasteiger partial charge in [-0.1, -0.05) is 158 Å². The summed E-state index contributed by atoms with van der Waals surface area (Å²) in [6.07, 6.45) is 0. The SMILES string of the molecule is c1ccc(-c2nc(-n3c4ccc(-c5ccc6c(c5)c5ccccc5n6-c5ccccc5)cc4c4c5ccccc5ccc43)nc3cc(-c4ccccc4)n(-c4ccccc4)c23)cc1. The molecule has 0 amide bonds. The Morgan fingerprint density at radius 2 is 0.857 bits per heavy atom. The largest absolute Gasteiger partial charge is 0.309 e. The Morgan fingerprint density at radius 1 is 0.317 bits per heavy atom. The second-order valence-electron chi connectivity index (χ2n) is 16.2. The number of rotatable bonds is 6. The van der Waals surface area contributed by atoms with Crippen molar-refractivity contribution >= 4 is 65.4 Å². The molecule has 0 saturated heterocycles. The Balaban J connectivity index is 1.08. The molecule has 0 aliphatic heterocycles. The van der Waals surface area contributed by atoms with Crippen molar-refractivity contribution < 1.29 is 0 Å². The molecule has 13 rings (SSSR count). The van der Waals surface area contributed by atoms with Crippen LogP contribution in [0.15, 0.2) is 224 Å². The minimum absolute atomic E-state index is 0.629. The Hall–Kier alpha value is -8.54. The molecule has 0 aliphatic carbocycles. The highest BCUT2D eigenvalue weighted by atomic mass is 15.2. The smallest absolute Gasteiger partial charge is 0.235 e. The van der Waals surface area contributed by atoms with Gasteiger partial charge in [0.15, 0.2) is 0 Å². The second kappa shape index (κ2) is 14.0. The van der Waals surface area contributed by atoms with Gasteiger partial charge in [0.1, 0.15) is 5.69 Å². The third kappa shape index (κ3) is 5.50. The molecule has 5 heteroatoms. The summed E-state index contributed by atoms with van der Waals surface area (Å²) in [4.78, 5) is 11.1. The van der Waals surface area contributed by atoms with Crippen LogP contribution in [0.2, 0.25) is 0 Å². The maximum Gasteiger partial charge on any atom is 0.235 e. The van der Waals surface area contributed by atoms with Gasteiger partial charge in [0.2, 0.25) is 5.95 Å². The average Bonchev–Trinajstić information content (AvgIpc) is 4.02. The lowest BCUT2D eigenvalue weighted by atomic mass is 9.99. The summed E-state index contributed by atoms with van der Waals surface area (Å²) in [6, 6.07) is 80.2. The predicted molar refractivity (Wildman–Crippen MR) is 261 cm³/mol. The van der Waals surface area contributed by atoms with E-state index in [1.165, 1.54) is 43.5 Å². The maximum atomic E-state index is 5.59. The van der Waals surface area contributed by atoms with Crippen LogP contribution in [-0.4, -0.2) is 23.7 Å². The van der Waals surface area contributed by atoms with Gasteiger partial charge in [-0.15, -0.1) is 0 Å². The van der Waals surface area contributed by atoms with E-state index in [2.05, 4.69) is 238 Å². The monoisotopic (exact) mass is 803 g/mol. The van der Waals surface area contributed by atoms with Crippen molar-refractivity contribution in [1.82, 2.24) is 23.7 Å². The fourth-order valence-corrected chi connectivity index (χ4v) is 9.85. The third-order valence-electron chi connectivity index (χ3n) is 12.6. The van der Waals surface area contributed by atoms with Crippen molar-refractivity contribution in [3.05, 3.63) is 224 Å². The highest BCUT2D eigenvalue weighted by Gasteiger charge is 2.24. The number of nitrogens with zero attached hydrogens (tertiary/aromatic N) is 5. The van der Waals surface area contributed by atoms with E-state index in [0.29, 0.717) is 5.95 Å². The van der Waals surface area contributed by atoms with Crippen molar-refractivity contribution in [3.8, 4) is 51.0 Å². The molecule has 0 bridgehead atoms. The van der Waals surface area contributed by atoms with Crippen LogP contribution in [0.5, 0.6) is 0 Å². The number of hydrogen-bond acceptors (Lipinski definition) is 2. The second-order valence-corrected chi connectivity index (χ2v) is 16.2. The molecular formula is C58H37N5. The van der Waals surface area contributed by atoms with E-state index in [4.69, 9.17) is 9.97 Å². The number of para-hydroxylation sites is 3. The Labute approximate surface area is 363 Å². The normalized spacial score (nSPS) is 11.8. The maximum absolute atomic E-state index is 5.59. The first-order chi connectivity index (χ1) is 31.3. The van der Waals surface area contributed by atoms with Gasteiger partial charge in [-0.25, -0.2) is 9.97 Å². The first-order valence-electron chi connectivity index (χ1n) is 21.4. The Kier molecular flexibility index (Phi) is 7.84. The van der Waals surface area contributed by atoms with Crippen LogP contribution in [0.1, 0.15) is 0 Å². The fourth-order valence-electron chi connectivity index (χ4n) is 9.85. The van der Waals surface area contributed by atoms with E-state index < -0.39 is 0 Å². The molecule has 0 spiro atoms. The number of benzene rings is 9. The number of fused-ring (bicyclic) bond motifs is 9. The minimum Gasteiger partial charge on any atom is -0.309 e. The standard InChI is InChI=1S/C58H37N5/c1-5-18-39(19-6-1)54-37-49-57(62(54)44-24-11-4-12-25-44)56(40-20-7-2-8-21-40)60-58(59-49)63-52-33-31-42(36-48(52)55-45-26-14-13-17-38(45)29-34-53(55)63)41-30-32-51-47(35-41)46-27-15-16-28-50(46)61(51)43-22-9-3-10-23-43/h1-37H. The zero-order chi connectivity index (χ0) is 41.4. The molecule has 0 N–H and O–H groups in total. The molecule has 294 valence electrons. The van der Waals surface area contributed by atoms with Crippen LogP contribution in [0.3, 0.4) is 0 Å². The predicted octanol–water partition coefficient (Wildman–Crippen LogP) is 14.8. The van der Waals surface area contributed by atoms with Crippen LogP contribution in [0.25, 0.3) is 116 Å². The van der Waals surface area contributed by atoms with Gasteiger partial charge in [-0.05, 0) is 94.2 Å². The summed E-state index contributed by atoms with van der Waals surface area (Å²) in [7, 11) is 0. The first-order valence-corrected chi connectivity index (χ1v) is 21.4. The van der Waals surface area contributed by atoms with Gasteiger partial charge < -0.3 is 9.13 Å². The van der Waals surface area contributed by atoms with Crippen molar-refractivity contribution in [2.45, 2.75) is 0 Å². The molecule has 0 saturated carbocycles. The zero-order valence-corrected chi connectivity index (χ0v) is 34.1. The number of aromatic nitrogens is 5. The summed E-state index contributed by atoms with van der Waals surface area (Å²) in [5, 5.41) is 7.19. The highest BCUT2D eigenvalue weighted by Crippen LogP contribution is 2.42. The molecule has 4 aromatic heterocycles. The van der Waals surface area contributed by atoms with E-state index in [0.717, 1.165) is 66.9 Å². The quantitative estimate of drug-likeness (QED) is 0.168. The van der Waals surface area contributed by atoms with Crippen LogP contribution in [-0.2, 0) is 0 Å². The lowest BCUT2D eigenvalue weighted by Crippen LogP contribution is -2.05. The lowest BCUT2D eigenvalue weighted by Gasteiger charge is -2.15. The topological polar surface area (TPSA) is 40.6 Å². The first kappa shape index (κ1) is 35.2. The van der Waals surface area contributed by atoms with Gasteiger partial charge >= 0.3 is 0 Å². The average molecular weight is 804 g/mol. The van der Waals surface area contributed by atoms with Gasteiger partial charge in [0, 0.05) is 38.5 Å². The minimum atomic E-state index is 0.629. The van der Waals surface area contributed by atoms with E-state index >= 15 is 0 Å². The summed E-state index contributed by atoms with van der Waals surface area (Å²) in [5.74, 6) is 0.629. The molecule has 63 heavy (non-hydrogen) atoms. The fraction of sp³-hybridized carbons (Fsp3) is 0. The summed E-state index contributed by atoms with van der Waals surface area (Å²) in [6.45, 7) is 0. The molecule has 0 fully saturated rings. The molecule has 5 nitrogen and oxygen atoms in total. The molecular weight excluding hydrogens is 767 g/mol. The third-order valence-corrected chi connectivity index (χ3v) is 12.6. The Bertz CT molecular complexity index is 3880.